The van der Waals surface area contributed by atoms with Gasteiger partial charge in [-0.2, -0.15) is 0 Å². The highest BCUT2D eigenvalue weighted by atomic mass is 16.4. The van der Waals surface area contributed by atoms with Gasteiger partial charge in [0.1, 0.15) is 5.82 Å². The van der Waals surface area contributed by atoms with Gasteiger partial charge in [0.15, 0.2) is 0 Å². The SMILES string of the molecule is Cc1nc(-c2cccc(C(=O)O)c2)cc([C@H]2CCCN(C(=O)C(C)(C)C)C2)n1. The van der Waals surface area contributed by atoms with Crippen molar-refractivity contribution in [1.29, 1.82) is 0 Å². The molecule has 1 N–H and O–H groups in total. The van der Waals surface area contributed by atoms with Gasteiger partial charge in [0, 0.05) is 35.7 Å². The molecule has 1 aromatic carbocycles. The third kappa shape index (κ3) is 4.38. The summed E-state index contributed by atoms with van der Waals surface area (Å²) in [5, 5.41) is 9.25. The molecule has 0 aliphatic carbocycles. The summed E-state index contributed by atoms with van der Waals surface area (Å²) in [7, 11) is 0. The summed E-state index contributed by atoms with van der Waals surface area (Å²) in [5.41, 5.74) is 2.21. The highest BCUT2D eigenvalue weighted by Gasteiger charge is 2.32. The summed E-state index contributed by atoms with van der Waals surface area (Å²) in [5.74, 6) is 0.00415. The number of carboxylic acids is 1. The van der Waals surface area contributed by atoms with Crippen LogP contribution in [0.15, 0.2) is 30.3 Å². The number of aromatic nitrogens is 2. The van der Waals surface area contributed by atoms with E-state index < -0.39 is 11.4 Å². The highest BCUT2D eigenvalue weighted by Crippen LogP contribution is 2.30. The van der Waals surface area contributed by atoms with Crippen molar-refractivity contribution in [2.75, 3.05) is 13.1 Å². The number of aromatic carboxylic acids is 1. The van der Waals surface area contributed by atoms with E-state index in [0.29, 0.717) is 18.1 Å². The molecule has 6 nitrogen and oxygen atoms in total. The van der Waals surface area contributed by atoms with Crippen molar-refractivity contribution < 1.29 is 14.7 Å². The van der Waals surface area contributed by atoms with Gasteiger partial charge in [-0.3, -0.25) is 4.79 Å². The van der Waals surface area contributed by atoms with E-state index in [-0.39, 0.29) is 17.4 Å². The quantitative estimate of drug-likeness (QED) is 0.872. The van der Waals surface area contributed by atoms with Crippen LogP contribution in [-0.2, 0) is 4.79 Å². The van der Waals surface area contributed by atoms with Crippen molar-refractivity contribution in [3.8, 4) is 11.3 Å². The van der Waals surface area contributed by atoms with Gasteiger partial charge in [0.2, 0.25) is 5.91 Å². The molecular weight excluding hydrogens is 354 g/mol. The summed E-state index contributed by atoms with van der Waals surface area (Å²) in [6, 6.07) is 8.71. The van der Waals surface area contributed by atoms with Crippen LogP contribution in [0.1, 0.15) is 61.4 Å². The Morgan fingerprint density at radius 2 is 1.93 bits per heavy atom. The molecule has 0 unspecified atom stereocenters. The van der Waals surface area contributed by atoms with Gasteiger partial charge in [-0.1, -0.05) is 32.9 Å². The number of rotatable bonds is 3. The van der Waals surface area contributed by atoms with Crippen molar-refractivity contribution in [3.05, 3.63) is 47.4 Å². The number of aryl methyl sites for hydroxylation is 1. The van der Waals surface area contributed by atoms with Crippen molar-refractivity contribution in [2.24, 2.45) is 5.41 Å². The van der Waals surface area contributed by atoms with Gasteiger partial charge >= 0.3 is 5.97 Å². The highest BCUT2D eigenvalue weighted by molar-refractivity contribution is 5.89. The minimum absolute atomic E-state index is 0.156. The van der Waals surface area contributed by atoms with Crippen molar-refractivity contribution in [2.45, 2.75) is 46.5 Å². The molecule has 0 saturated carbocycles. The first-order valence-corrected chi connectivity index (χ1v) is 9.64. The number of piperidine rings is 1. The predicted octanol–water partition coefficient (Wildman–Crippen LogP) is 3.90. The molecule has 1 aliphatic rings. The van der Waals surface area contributed by atoms with E-state index in [2.05, 4.69) is 9.97 Å². The zero-order chi connectivity index (χ0) is 20.5. The van der Waals surface area contributed by atoms with Crippen molar-refractivity contribution in [1.82, 2.24) is 14.9 Å². The Bertz CT molecular complexity index is 902. The molecule has 0 radical (unpaired) electrons. The maximum Gasteiger partial charge on any atom is 0.335 e. The molecule has 1 fully saturated rings. The molecule has 1 amide bonds. The molecule has 0 bridgehead atoms. The topological polar surface area (TPSA) is 83.4 Å². The summed E-state index contributed by atoms with van der Waals surface area (Å²) >= 11 is 0. The second kappa shape index (κ2) is 7.70. The molecule has 1 atom stereocenters. The van der Waals surface area contributed by atoms with Crippen LogP contribution in [0.2, 0.25) is 0 Å². The van der Waals surface area contributed by atoms with E-state index in [9.17, 15) is 14.7 Å². The Hall–Kier alpha value is -2.76. The monoisotopic (exact) mass is 381 g/mol. The number of likely N-dealkylation sites (tertiary alicyclic amines) is 1. The van der Waals surface area contributed by atoms with Crippen LogP contribution in [0.4, 0.5) is 0 Å². The normalized spacial score (nSPS) is 17.4. The summed E-state index contributed by atoms with van der Waals surface area (Å²) in [6.07, 6.45) is 1.92. The lowest BCUT2D eigenvalue weighted by atomic mass is 9.89. The zero-order valence-corrected chi connectivity index (χ0v) is 16.9. The van der Waals surface area contributed by atoms with Crippen molar-refractivity contribution in [3.63, 3.8) is 0 Å². The number of hydrogen-bond donors (Lipinski definition) is 1. The van der Waals surface area contributed by atoms with E-state index in [1.54, 1.807) is 18.2 Å². The van der Waals surface area contributed by atoms with E-state index in [0.717, 1.165) is 30.6 Å². The fourth-order valence-corrected chi connectivity index (χ4v) is 3.64. The first-order valence-electron chi connectivity index (χ1n) is 9.64. The second-order valence-corrected chi connectivity index (χ2v) is 8.45. The van der Waals surface area contributed by atoms with Crippen LogP contribution in [0.3, 0.4) is 0 Å². The van der Waals surface area contributed by atoms with Crippen LogP contribution in [-0.4, -0.2) is 44.9 Å². The molecule has 3 rings (SSSR count). The predicted molar refractivity (Wildman–Crippen MR) is 107 cm³/mol. The number of carbonyl (C=O) groups excluding carboxylic acids is 1. The van der Waals surface area contributed by atoms with Crippen LogP contribution in [0.25, 0.3) is 11.3 Å². The largest absolute Gasteiger partial charge is 0.478 e. The Balaban J connectivity index is 1.90. The fourth-order valence-electron chi connectivity index (χ4n) is 3.64. The second-order valence-electron chi connectivity index (χ2n) is 8.45. The van der Waals surface area contributed by atoms with Gasteiger partial charge < -0.3 is 10.0 Å². The van der Waals surface area contributed by atoms with Gasteiger partial charge in [-0.25, -0.2) is 14.8 Å². The number of carboxylic acid groups (broad SMARTS) is 1. The number of benzene rings is 1. The van der Waals surface area contributed by atoms with Gasteiger partial charge in [0.25, 0.3) is 0 Å². The first kappa shape index (κ1) is 20.0. The molecule has 2 aromatic rings. The molecule has 0 spiro atoms. The molecule has 1 aliphatic heterocycles. The minimum Gasteiger partial charge on any atom is -0.478 e. The molecule has 2 heterocycles. The van der Waals surface area contributed by atoms with Crippen LogP contribution in [0, 0.1) is 12.3 Å². The lowest BCUT2D eigenvalue weighted by Gasteiger charge is -2.36. The molecule has 6 heteroatoms. The lowest BCUT2D eigenvalue weighted by molar-refractivity contribution is -0.140. The standard InChI is InChI=1S/C22H27N3O3/c1-14-23-18(15-7-5-8-16(11-15)20(26)27)12-19(24-14)17-9-6-10-25(13-17)21(28)22(2,3)4/h5,7-8,11-12,17H,6,9-10,13H2,1-4H3,(H,26,27)/t17-/m0/s1. The molecule has 28 heavy (non-hydrogen) atoms. The number of nitrogens with zero attached hydrogens (tertiary/aromatic N) is 3. The molecular formula is C22H27N3O3. The lowest BCUT2D eigenvalue weighted by Crippen LogP contribution is -2.44. The van der Waals surface area contributed by atoms with E-state index >= 15 is 0 Å². The maximum atomic E-state index is 12.7. The molecule has 148 valence electrons. The van der Waals surface area contributed by atoms with E-state index in [4.69, 9.17) is 0 Å². The number of amides is 1. The smallest absolute Gasteiger partial charge is 0.335 e. The molecule has 1 aromatic heterocycles. The minimum atomic E-state index is -0.962. The van der Waals surface area contributed by atoms with Crippen LogP contribution >= 0.6 is 0 Å². The Labute approximate surface area is 165 Å². The van der Waals surface area contributed by atoms with Crippen LogP contribution in [0.5, 0.6) is 0 Å². The molecule has 1 saturated heterocycles. The summed E-state index contributed by atoms with van der Waals surface area (Å²) < 4.78 is 0. The maximum absolute atomic E-state index is 12.7. The Morgan fingerprint density at radius 1 is 1.18 bits per heavy atom. The zero-order valence-electron chi connectivity index (χ0n) is 16.9. The van der Waals surface area contributed by atoms with Crippen molar-refractivity contribution >= 4 is 11.9 Å². The number of hydrogen-bond acceptors (Lipinski definition) is 4. The summed E-state index contributed by atoms with van der Waals surface area (Å²) in [6.45, 7) is 9.12. The van der Waals surface area contributed by atoms with E-state index in [1.165, 1.54) is 0 Å². The Morgan fingerprint density at radius 3 is 2.61 bits per heavy atom. The van der Waals surface area contributed by atoms with Gasteiger partial charge in [-0.05, 0) is 38.0 Å². The third-order valence-electron chi connectivity index (χ3n) is 5.03. The van der Waals surface area contributed by atoms with Gasteiger partial charge in [0.05, 0.1) is 11.3 Å². The average Bonchev–Trinajstić information content (AvgIpc) is 2.66. The number of carbonyl (C=O) groups is 2. The average molecular weight is 381 g/mol. The third-order valence-corrected chi connectivity index (χ3v) is 5.03. The summed E-state index contributed by atoms with van der Waals surface area (Å²) in [4.78, 5) is 35.0. The fraction of sp³-hybridized carbons (Fsp3) is 0.455. The van der Waals surface area contributed by atoms with E-state index in [1.807, 2.05) is 44.7 Å². The first-order chi connectivity index (χ1) is 13.1. The van der Waals surface area contributed by atoms with Gasteiger partial charge in [-0.15, -0.1) is 0 Å². The Kier molecular flexibility index (Phi) is 5.49. The van der Waals surface area contributed by atoms with Crippen LogP contribution < -0.4 is 0 Å².